The van der Waals surface area contributed by atoms with Crippen molar-refractivity contribution in [2.75, 3.05) is 44.2 Å². The molecule has 1 aromatic heterocycles. The standard InChI is InChI=1S/C22H32N4/c1-3-5-7-20(6-4-2)25-16-18-26(19-17-25)22-10-14-24(15-11-22)21-8-12-23-13-9-21/h3-9,12-13,22H,10-11,14-19H2,1-2H3/b5-3-,6-4-,20-7+. The fourth-order valence-electron chi connectivity index (χ4n) is 4.02. The van der Waals surface area contributed by atoms with E-state index in [4.69, 9.17) is 0 Å². The zero-order chi connectivity index (χ0) is 18.2. The summed E-state index contributed by atoms with van der Waals surface area (Å²) in [6.45, 7) is 11.1. The summed E-state index contributed by atoms with van der Waals surface area (Å²) in [4.78, 5) is 11.9. The van der Waals surface area contributed by atoms with Crippen LogP contribution in [0.1, 0.15) is 26.7 Å². The topological polar surface area (TPSA) is 22.6 Å². The summed E-state index contributed by atoms with van der Waals surface area (Å²) < 4.78 is 0. The number of anilines is 1. The lowest BCUT2D eigenvalue weighted by Crippen LogP contribution is -2.52. The highest BCUT2D eigenvalue weighted by molar-refractivity contribution is 5.44. The molecule has 0 spiro atoms. The minimum Gasteiger partial charge on any atom is -0.371 e. The Morgan fingerprint density at radius 2 is 1.65 bits per heavy atom. The number of allylic oxidation sites excluding steroid dienone is 5. The number of pyridine rings is 1. The van der Waals surface area contributed by atoms with E-state index in [2.05, 4.69) is 76.0 Å². The Balaban J connectivity index is 1.50. The van der Waals surface area contributed by atoms with Crippen LogP contribution < -0.4 is 4.90 Å². The van der Waals surface area contributed by atoms with Gasteiger partial charge in [-0.05, 0) is 51.0 Å². The van der Waals surface area contributed by atoms with Gasteiger partial charge in [-0.2, -0.15) is 0 Å². The quantitative estimate of drug-likeness (QED) is 0.754. The molecule has 3 rings (SSSR count). The molecule has 0 atom stereocenters. The molecule has 0 N–H and O–H groups in total. The molecule has 2 saturated heterocycles. The van der Waals surface area contributed by atoms with Crippen molar-refractivity contribution >= 4 is 5.69 Å². The SMILES string of the molecule is C\C=C/C=C(\C=C/C)N1CCN(C2CCN(c3ccncc3)CC2)CC1. The maximum atomic E-state index is 4.13. The minimum absolute atomic E-state index is 0.736. The number of hydrogen-bond donors (Lipinski definition) is 0. The third-order valence-corrected chi connectivity index (χ3v) is 5.49. The molecule has 0 radical (unpaired) electrons. The van der Waals surface area contributed by atoms with Gasteiger partial charge in [-0.25, -0.2) is 0 Å². The van der Waals surface area contributed by atoms with E-state index < -0.39 is 0 Å². The zero-order valence-electron chi connectivity index (χ0n) is 16.2. The van der Waals surface area contributed by atoms with Gasteiger partial charge in [0.25, 0.3) is 0 Å². The predicted octanol–water partition coefficient (Wildman–Crippen LogP) is 3.70. The number of hydrogen-bond acceptors (Lipinski definition) is 4. The summed E-state index contributed by atoms with van der Waals surface area (Å²) in [5.74, 6) is 0. The third-order valence-electron chi connectivity index (χ3n) is 5.49. The van der Waals surface area contributed by atoms with Crippen molar-refractivity contribution in [1.29, 1.82) is 0 Å². The first-order valence-corrected chi connectivity index (χ1v) is 9.91. The van der Waals surface area contributed by atoms with E-state index in [-0.39, 0.29) is 0 Å². The Kier molecular flexibility index (Phi) is 6.89. The van der Waals surface area contributed by atoms with Crippen LogP contribution >= 0.6 is 0 Å². The van der Waals surface area contributed by atoms with Gasteiger partial charge in [-0.15, -0.1) is 0 Å². The van der Waals surface area contributed by atoms with Crippen LogP contribution in [-0.2, 0) is 0 Å². The molecule has 0 amide bonds. The van der Waals surface area contributed by atoms with Gasteiger partial charge in [0.05, 0.1) is 0 Å². The van der Waals surface area contributed by atoms with Gasteiger partial charge in [0, 0.05) is 69.1 Å². The monoisotopic (exact) mass is 352 g/mol. The van der Waals surface area contributed by atoms with Crippen molar-refractivity contribution < 1.29 is 0 Å². The number of rotatable bonds is 5. The molecule has 1 aromatic rings. The van der Waals surface area contributed by atoms with Crippen molar-refractivity contribution in [2.45, 2.75) is 32.7 Å². The van der Waals surface area contributed by atoms with Crippen molar-refractivity contribution in [3.8, 4) is 0 Å². The molecular weight excluding hydrogens is 320 g/mol. The van der Waals surface area contributed by atoms with Crippen LogP contribution in [0, 0.1) is 0 Å². The Morgan fingerprint density at radius 3 is 2.27 bits per heavy atom. The number of aromatic nitrogens is 1. The van der Waals surface area contributed by atoms with E-state index in [1.165, 1.54) is 37.3 Å². The second-order valence-corrected chi connectivity index (χ2v) is 7.06. The lowest BCUT2D eigenvalue weighted by molar-refractivity contribution is 0.103. The molecule has 4 nitrogen and oxygen atoms in total. The highest BCUT2D eigenvalue weighted by Gasteiger charge is 2.27. The number of piperazine rings is 1. The predicted molar refractivity (Wildman–Crippen MR) is 110 cm³/mol. The van der Waals surface area contributed by atoms with Crippen LogP contribution in [0.5, 0.6) is 0 Å². The molecule has 140 valence electrons. The molecular formula is C22H32N4. The average molecular weight is 353 g/mol. The summed E-state index contributed by atoms with van der Waals surface area (Å²) in [5, 5.41) is 0. The maximum absolute atomic E-state index is 4.13. The summed E-state index contributed by atoms with van der Waals surface area (Å²) in [5.41, 5.74) is 2.64. The molecule has 2 aliphatic heterocycles. The first-order chi connectivity index (χ1) is 12.8. The summed E-state index contributed by atoms with van der Waals surface area (Å²) in [6.07, 6.45) is 17.1. The van der Waals surface area contributed by atoms with Crippen molar-refractivity contribution in [3.63, 3.8) is 0 Å². The molecule has 2 fully saturated rings. The van der Waals surface area contributed by atoms with Gasteiger partial charge in [0.15, 0.2) is 0 Å². The van der Waals surface area contributed by atoms with Gasteiger partial charge in [-0.3, -0.25) is 9.88 Å². The van der Waals surface area contributed by atoms with Crippen LogP contribution in [-0.4, -0.2) is 60.1 Å². The minimum atomic E-state index is 0.736. The van der Waals surface area contributed by atoms with Crippen LogP contribution in [0.15, 0.2) is 60.6 Å². The van der Waals surface area contributed by atoms with E-state index in [1.807, 2.05) is 12.4 Å². The second-order valence-electron chi connectivity index (χ2n) is 7.06. The fourth-order valence-corrected chi connectivity index (χ4v) is 4.02. The van der Waals surface area contributed by atoms with E-state index in [1.54, 1.807) is 0 Å². The Labute approximate surface area is 158 Å². The third kappa shape index (κ3) is 4.76. The van der Waals surface area contributed by atoms with E-state index in [0.717, 1.165) is 32.2 Å². The lowest BCUT2D eigenvalue weighted by Gasteiger charge is -2.44. The van der Waals surface area contributed by atoms with Gasteiger partial charge in [0.2, 0.25) is 0 Å². The normalized spacial score (nSPS) is 21.2. The van der Waals surface area contributed by atoms with Gasteiger partial charge in [0.1, 0.15) is 0 Å². The first kappa shape index (κ1) is 18.7. The van der Waals surface area contributed by atoms with E-state index in [9.17, 15) is 0 Å². The summed E-state index contributed by atoms with van der Waals surface area (Å²) in [6, 6.07) is 4.98. The molecule has 0 aliphatic carbocycles. The fraction of sp³-hybridized carbons (Fsp3) is 0.500. The molecule has 26 heavy (non-hydrogen) atoms. The lowest BCUT2D eigenvalue weighted by atomic mass is 10.0. The number of piperidine rings is 1. The maximum Gasteiger partial charge on any atom is 0.0397 e. The second kappa shape index (κ2) is 9.58. The summed E-state index contributed by atoms with van der Waals surface area (Å²) in [7, 11) is 0. The van der Waals surface area contributed by atoms with Crippen molar-refractivity contribution in [1.82, 2.24) is 14.8 Å². The smallest absolute Gasteiger partial charge is 0.0397 e. The zero-order valence-corrected chi connectivity index (χ0v) is 16.2. The highest BCUT2D eigenvalue weighted by Crippen LogP contribution is 2.23. The van der Waals surface area contributed by atoms with E-state index in [0.29, 0.717) is 0 Å². The summed E-state index contributed by atoms with van der Waals surface area (Å²) >= 11 is 0. The molecule has 0 aromatic carbocycles. The molecule has 3 heterocycles. The molecule has 0 saturated carbocycles. The first-order valence-electron chi connectivity index (χ1n) is 9.91. The Hall–Kier alpha value is -2.07. The Bertz CT molecular complexity index is 619. The van der Waals surface area contributed by atoms with Gasteiger partial charge < -0.3 is 9.80 Å². The Morgan fingerprint density at radius 1 is 0.962 bits per heavy atom. The van der Waals surface area contributed by atoms with Crippen LogP contribution in [0.3, 0.4) is 0 Å². The molecule has 0 unspecified atom stereocenters. The highest BCUT2D eigenvalue weighted by atomic mass is 15.3. The molecule has 0 bridgehead atoms. The van der Waals surface area contributed by atoms with Crippen LogP contribution in [0.25, 0.3) is 0 Å². The molecule has 4 heteroatoms. The van der Waals surface area contributed by atoms with Crippen LogP contribution in [0.4, 0.5) is 5.69 Å². The molecule has 2 aliphatic rings. The van der Waals surface area contributed by atoms with E-state index >= 15 is 0 Å². The van der Waals surface area contributed by atoms with Crippen molar-refractivity contribution in [2.24, 2.45) is 0 Å². The van der Waals surface area contributed by atoms with Gasteiger partial charge >= 0.3 is 0 Å². The van der Waals surface area contributed by atoms with Crippen LogP contribution in [0.2, 0.25) is 0 Å². The largest absolute Gasteiger partial charge is 0.371 e. The average Bonchev–Trinajstić information content (AvgIpc) is 2.72. The van der Waals surface area contributed by atoms with Crippen molar-refractivity contribution in [3.05, 3.63) is 60.6 Å². The number of nitrogens with zero attached hydrogens (tertiary/aromatic N) is 4. The van der Waals surface area contributed by atoms with Gasteiger partial charge in [-0.1, -0.05) is 18.2 Å².